The Hall–Kier alpha value is -2.01. The molecule has 0 aliphatic heterocycles. The molecule has 5 heteroatoms. The van der Waals surface area contributed by atoms with Gasteiger partial charge < -0.3 is 9.47 Å². The van der Waals surface area contributed by atoms with Gasteiger partial charge in [-0.25, -0.2) is 8.78 Å². The number of alkyl halides is 2. The molecule has 0 N–H and O–H groups in total. The van der Waals surface area contributed by atoms with Crippen LogP contribution in [0.1, 0.15) is 10.4 Å². The van der Waals surface area contributed by atoms with Crippen molar-refractivity contribution in [3.05, 3.63) is 42.0 Å². The molecule has 0 aliphatic carbocycles. The van der Waals surface area contributed by atoms with Crippen molar-refractivity contribution >= 4 is 16.6 Å². The Morgan fingerprint density at radius 2 is 1.95 bits per heavy atom. The molecule has 0 aromatic heterocycles. The van der Waals surface area contributed by atoms with Crippen molar-refractivity contribution in [2.24, 2.45) is 0 Å². The van der Waals surface area contributed by atoms with Crippen LogP contribution in [-0.4, -0.2) is 26.1 Å². The minimum Gasteiger partial charge on any atom is -0.467 e. The summed E-state index contributed by atoms with van der Waals surface area (Å²) in [5.74, 6) is -1.14. The number of carbonyl (C=O) groups excluding carboxylic acids is 1. The van der Waals surface area contributed by atoms with E-state index >= 15 is 0 Å². The molecule has 2 aromatic rings. The third-order valence-corrected chi connectivity index (χ3v) is 2.67. The van der Waals surface area contributed by atoms with Crippen molar-refractivity contribution in [2.75, 3.05) is 13.9 Å². The smallest absolute Gasteiger partial charge is 0.300 e. The van der Waals surface area contributed by atoms with Gasteiger partial charge >= 0.3 is 6.43 Å². The lowest BCUT2D eigenvalue weighted by Crippen LogP contribution is -2.13. The third kappa shape index (κ3) is 2.71. The van der Waals surface area contributed by atoms with Crippen LogP contribution in [0.3, 0.4) is 0 Å². The number of fused-ring (bicyclic) bond motifs is 1. The highest BCUT2D eigenvalue weighted by atomic mass is 19.3. The summed E-state index contributed by atoms with van der Waals surface area (Å²) in [4.78, 5) is 11.7. The first-order chi connectivity index (χ1) is 9.15. The van der Waals surface area contributed by atoms with E-state index in [0.717, 1.165) is 0 Å². The Morgan fingerprint density at radius 1 is 1.21 bits per heavy atom. The van der Waals surface area contributed by atoms with Gasteiger partial charge in [0.1, 0.15) is 5.75 Å². The summed E-state index contributed by atoms with van der Waals surface area (Å²) in [7, 11) is 1.41. The van der Waals surface area contributed by atoms with Crippen LogP contribution in [0.15, 0.2) is 36.4 Å². The molecular weight excluding hydrogens is 254 g/mol. The molecule has 0 heterocycles. The van der Waals surface area contributed by atoms with Crippen molar-refractivity contribution < 1.29 is 23.0 Å². The highest BCUT2D eigenvalue weighted by molar-refractivity contribution is 6.11. The van der Waals surface area contributed by atoms with Crippen LogP contribution in [-0.2, 0) is 4.74 Å². The fourth-order valence-corrected chi connectivity index (χ4v) is 1.86. The van der Waals surface area contributed by atoms with Gasteiger partial charge in [-0.3, -0.25) is 4.79 Å². The summed E-state index contributed by atoms with van der Waals surface area (Å²) in [5, 5.41) is 1.15. The number of benzene rings is 2. The van der Waals surface area contributed by atoms with E-state index in [0.29, 0.717) is 10.8 Å². The summed E-state index contributed by atoms with van der Waals surface area (Å²) >= 11 is 0. The first-order valence-corrected chi connectivity index (χ1v) is 5.61. The quantitative estimate of drug-likeness (QED) is 0.615. The minimum atomic E-state index is -3.07. The van der Waals surface area contributed by atoms with Gasteiger partial charge in [-0.2, -0.15) is 0 Å². The van der Waals surface area contributed by atoms with Crippen molar-refractivity contribution in [2.45, 2.75) is 6.43 Å². The predicted octanol–water partition coefficient (Wildman–Crippen LogP) is 3.27. The Bertz CT molecular complexity index is 596. The molecule has 0 fully saturated rings. The predicted molar refractivity (Wildman–Crippen MR) is 66.8 cm³/mol. The first kappa shape index (κ1) is 13.4. The van der Waals surface area contributed by atoms with Crippen molar-refractivity contribution in [1.29, 1.82) is 0 Å². The number of Topliss-reactive ketones (excluding diaryl/α,β-unsaturated/α-hetero) is 1. The van der Waals surface area contributed by atoms with Crippen molar-refractivity contribution in [3.63, 3.8) is 0 Å². The average molecular weight is 266 g/mol. The van der Waals surface area contributed by atoms with Gasteiger partial charge in [0.15, 0.2) is 6.79 Å². The number of halogens is 2. The fourth-order valence-electron chi connectivity index (χ4n) is 1.86. The molecule has 3 nitrogen and oxygen atoms in total. The maximum atomic E-state index is 12.7. The normalized spacial score (nSPS) is 10.9. The van der Waals surface area contributed by atoms with Crippen LogP contribution in [0.5, 0.6) is 5.75 Å². The van der Waals surface area contributed by atoms with E-state index in [9.17, 15) is 13.6 Å². The van der Waals surface area contributed by atoms with Crippen LogP contribution in [0, 0.1) is 0 Å². The summed E-state index contributed by atoms with van der Waals surface area (Å²) in [6.07, 6.45) is -3.07. The van der Waals surface area contributed by atoms with E-state index in [1.165, 1.54) is 13.2 Å². The largest absolute Gasteiger partial charge is 0.467 e. The van der Waals surface area contributed by atoms with Crippen molar-refractivity contribution in [3.8, 4) is 5.75 Å². The molecular formula is C14H12F2O3. The van der Waals surface area contributed by atoms with E-state index < -0.39 is 12.2 Å². The first-order valence-electron chi connectivity index (χ1n) is 5.61. The Kier molecular flexibility index (Phi) is 4.06. The van der Waals surface area contributed by atoms with E-state index in [2.05, 4.69) is 0 Å². The number of ether oxygens (including phenoxy) is 2. The molecule has 2 aromatic carbocycles. The van der Waals surface area contributed by atoms with Crippen LogP contribution < -0.4 is 4.74 Å². The highest BCUT2D eigenvalue weighted by Crippen LogP contribution is 2.30. The fraction of sp³-hybridized carbons (Fsp3) is 0.214. The van der Waals surface area contributed by atoms with Gasteiger partial charge in [0.05, 0.1) is 5.56 Å². The molecule has 0 amide bonds. The number of hydrogen-bond acceptors (Lipinski definition) is 3. The lowest BCUT2D eigenvalue weighted by Gasteiger charge is -2.12. The summed E-state index contributed by atoms with van der Waals surface area (Å²) in [6, 6.07) is 10.0. The van der Waals surface area contributed by atoms with Gasteiger partial charge in [-0.1, -0.05) is 30.3 Å². The second kappa shape index (κ2) is 5.75. The molecule has 19 heavy (non-hydrogen) atoms. The summed E-state index contributed by atoms with van der Waals surface area (Å²) in [5.41, 5.74) is -0.106. The van der Waals surface area contributed by atoms with E-state index in [1.54, 1.807) is 30.3 Å². The number of methoxy groups -OCH3 is 1. The number of rotatable bonds is 5. The van der Waals surface area contributed by atoms with E-state index in [-0.39, 0.29) is 18.1 Å². The molecule has 100 valence electrons. The zero-order valence-corrected chi connectivity index (χ0v) is 10.2. The maximum Gasteiger partial charge on any atom is 0.300 e. The van der Waals surface area contributed by atoms with Crippen LogP contribution in [0.2, 0.25) is 0 Å². The highest BCUT2D eigenvalue weighted by Gasteiger charge is 2.24. The lowest BCUT2D eigenvalue weighted by molar-refractivity contribution is 0.0485. The molecule has 0 saturated heterocycles. The second-order valence-electron chi connectivity index (χ2n) is 3.88. The summed E-state index contributed by atoms with van der Waals surface area (Å²) < 4.78 is 35.3. The minimum absolute atomic E-state index is 0.103. The zero-order valence-electron chi connectivity index (χ0n) is 10.2. The molecule has 0 aliphatic rings. The van der Waals surface area contributed by atoms with E-state index in [1.807, 2.05) is 0 Å². The van der Waals surface area contributed by atoms with Crippen LogP contribution in [0.25, 0.3) is 10.8 Å². The van der Waals surface area contributed by atoms with Gasteiger partial charge in [-0.05, 0) is 16.8 Å². The standard InChI is InChI=1S/C14H12F2O3/c1-18-8-19-11-7-6-9-4-2-3-5-10(9)12(11)13(17)14(15)16/h2-7,14H,8H2,1H3. The van der Waals surface area contributed by atoms with E-state index in [4.69, 9.17) is 9.47 Å². The molecule has 0 unspecified atom stereocenters. The molecule has 2 rings (SSSR count). The molecule has 0 radical (unpaired) electrons. The van der Waals surface area contributed by atoms with Crippen LogP contribution in [0.4, 0.5) is 8.78 Å². The Morgan fingerprint density at radius 3 is 2.63 bits per heavy atom. The van der Waals surface area contributed by atoms with Gasteiger partial charge in [-0.15, -0.1) is 0 Å². The maximum absolute atomic E-state index is 12.7. The third-order valence-electron chi connectivity index (χ3n) is 2.67. The average Bonchev–Trinajstić information content (AvgIpc) is 2.43. The van der Waals surface area contributed by atoms with Gasteiger partial charge in [0.25, 0.3) is 0 Å². The SMILES string of the molecule is COCOc1ccc2ccccc2c1C(=O)C(F)F. The van der Waals surface area contributed by atoms with Crippen molar-refractivity contribution in [1.82, 2.24) is 0 Å². The molecule has 0 bridgehead atoms. The summed E-state index contributed by atoms with van der Waals surface area (Å²) in [6.45, 7) is -0.109. The molecule has 0 saturated carbocycles. The van der Waals surface area contributed by atoms with Gasteiger partial charge in [0, 0.05) is 7.11 Å². The number of carbonyl (C=O) groups is 1. The Labute approximate surface area is 108 Å². The second-order valence-corrected chi connectivity index (χ2v) is 3.88. The monoisotopic (exact) mass is 266 g/mol. The Balaban J connectivity index is 2.61. The lowest BCUT2D eigenvalue weighted by atomic mass is 10.0. The molecule has 0 atom stereocenters. The number of ketones is 1. The topological polar surface area (TPSA) is 35.5 Å². The van der Waals surface area contributed by atoms with Crippen LogP contribution >= 0.6 is 0 Å². The van der Waals surface area contributed by atoms with Gasteiger partial charge in [0.2, 0.25) is 5.78 Å². The number of hydrogen-bond donors (Lipinski definition) is 0. The molecule has 0 spiro atoms. The zero-order chi connectivity index (χ0) is 13.8.